The Morgan fingerprint density at radius 1 is 1.18 bits per heavy atom. The summed E-state index contributed by atoms with van der Waals surface area (Å²) < 4.78 is 0.138. The summed E-state index contributed by atoms with van der Waals surface area (Å²) in [5.74, 6) is 0. The highest BCUT2D eigenvalue weighted by atomic mass is 32.1. The first-order valence-corrected chi connectivity index (χ1v) is 7.37. The first kappa shape index (κ1) is 12.5. The van der Waals surface area contributed by atoms with Gasteiger partial charge in [-0.05, 0) is 33.3 Å². The fourth-order valence-corrected chi connectivity index (χ4v) is 3.99. The molecule has 0 amide bonds. The maximum absolute atomic E-state index is 12.1. The molecule has 2 aromatic rings. The van der Waals surface area contributed by atoms with Crippen molar-refractivity contribution in [1.82, 2.24) is 4.98 Å². The number of nitrogens with zero attached hydrogens (tertiary/aromatic N) is 2. The van der Waals surface area contributed by atoms with Crippen molar-refractivity contribution >= 4 is 38.0 Å². The molecule has 0 aliphatic rings. The lowest BCUT2D eigenvalue weighted by atomic mass is 10.2. The highest BCUT2D eigenvalue weighted by molar-refractivity contribution is 7.20. The zero-order valence-electron chi connectivity index (χ0n) is 10.5. The summed E-state index contributed by atoms with van der Waals surface area (Å²) >= 11 is 2.87. The smallest absolute Gasteiger partial charge is 0.246 e. The highest BCUT2D eigenvalue weighted by Gasteiger charge is 2.14. The topological polar surface area (TPSA) is 33.2 Å². The van der Waals surface area contributed by atoms with Gasteiger partial charge in [0.1, 0.15) is 4.83 Å². The van der Waals surface area contributed by atoms with Gasteiger partial charge in [0, 0.05) is 18.0 Å². The fourth-order valence-electron chi connectivity index (χ4n) is 1.80. The summed E-state index contributed by atoms with van der Waals surface area (Å²) in [4.78, 5) is 20.9. The highest BCUT2D eigenvalue weighted by Crippen LogP contribution is 2.29. The summed E-state index contributed by atoms with van der Waals surface area (Å²) in [5.41, 5.74) is 1.09. The Balaban J connectivity index is 2.68. The number of thiophene rings is 1. The second kappa shape index (κ2) is 4.74. The molecule has 0 saturated carbocycles. The summed E-state index contributed by atoms with van der Waals surface area (Å²) in [7, 11) is 0. The van der Waals surface area contributed by atoms with Gasteiger partial charge in [-0.25, -0.2) is 4.98 Å². The average Bonchev–Trinajstić information content (AvgIpc) is 2.57. The van der Waals surface area contributed by atoms with Crippen LogP contribution in [0.5, 0.6) is 0 Å². The number of fused-ring (bicyclic) bond motifs is 1. The van der Waals surface area contributed by atoms with Crippen LogP contribution in [0, 0.1) is 13.8 Å². The third-order valence-corrected chi connectivity index (χ3v) is 5.01. The van der Waals surface area contributed by atoms with Crippen LogP contribution >= 0.6 is 22.7 Å². The number of aryl methyl sites for hydroxylation is 2. The standard InChI is InChI=1S/C12H16N2OS2/c1-5-14(6-2)12-13-10-9(11(15)17-12)7(3)8(4)16-10/h5-6H2,1-4H3. The maximum Gasteiger partial charge on any atom is 0.246 e. The van der Waals surface area contributed by atoms with E-state index < -0.39 is 0 Å². The van der Waals surface area contributed by atoms with Crippen molar-refractivity contribution in [2.24, 2.45) is 0 Å². The van der Waals surface area contributed by atoms with Crippen molar-refractivity contribution in [3.8, 4) is 0 Å². The van der Waals surface area contributed by atoms with E-state index in [2.05, 4.69) is 23.7 Å². The molecule has 0 saturated heterocycles. The quantitative estimate of drug-likeness (QED) is 0.857. The Morgan fingerprint density at radius 2 is 1.82 bits per heavy atom. The molecule has 2 heterocycles. The van der Waals surface area contributed by atoms with Crippen molar-refractivity contribution in [2.75, 3.05) is 18.0 Å². The van der Waals surface area contributed by atoms with Gasteiger partial charge in [0.05, 0.1) is 5.39 Å². The second-order valence-electron chi connectivity index (χ2n) is 3.92. The predicted octanol–water partition coefficient (Wildman–Crippen LogP) is 3.18. The van der Waals surface area contributed by atoms with Crippen LogP contribution in [0.2, 0.25) is 0 Å². The van der Waals surface area contributed by atoms with Crippen molar-refractivity contribution in [3.63, 3.8) is 0 Å². The lowest BCUT2D eigenvalue weighted by Gasteiger charge is -2.17. The number of rotatable bonds is 3. The van der Waals surface area contributed by atoms with Gasteiger partial charge in [-0.2, -0.15) is 0 Å². The molecule has 0 aromatic carbocycles. The van der Waals surface area contributed by atoms with E-state index in [0.717, 1.165) is 34.0 Å². The molecule has 92 valence electrons. The normalized spacial score (nSPS) is 11.1. The molecule has 0 unspecified atom stereocenters. The van der Waals surface area contributed by atoms with Gasteiger partial charge in [-0.3, -0.25) is 4.79 Å². The summed E-state index contributed by atoms with van der Waals surface area (Å²) in [5, 5.41) is 1.65. The number of anilines is 1. The Morgan fingerprint density at radius 3 is 2.41 bits per heavy atom. The van der Waals surface area contributed by atoms with E-state index in [0.29, 0.717) is 0 Å². The molecule has 0 fully saturated rings. The molecule has 0 bridgehead atoms. The van der Waals surface area contributed by atoms with E-state index in [4.69, 9.17) is 0 Å². The summed E-state index contributed by atoms with van der Waals surface area (Å²) in [6.07, 6.45) is 0. The van der Waals surface area contributed by atoms with Crippen LogP contribution in [0.3, 0.4) is 0 Å². The molecule has 0 aliphatic carbocycles. The van der Waals surface area contributed by atoms with Crippen LogP contribution in [0.1, 0.15) is 24.3 Å². The maximum atomic E-state index is 12.1. The lowest BCUT2D eigenvalue weighted by Crippen LogP contribution is -2.23. The number of aromatic nitrogens is 1. The molecule has 3 nitrogen and oxygen atoms in total. The molecule has 2 rings (SSSR count). The van der Waals surface area contributed by atoms with Gasteiger partial charge in [0.15, 0.2) is 5.13 Å². The summed E-state index contributed by atoms with van der Waals surface area (Å²) in [6, 6.07) is 0. The molecule has 17 heavy (non-hydrogen) atoms. The number of hydrogen-bond donors (Lipinski definition) is 0. The van der Waals surface area contributed by atoms with Gasteiger partial charge < -0.3 is 4.90 Å². The van der Waals surface area contributed by atoms with E-state index in [-0.39, 0.29) is 4.74 Å². The van der Waals surface area contributed by atoms with E-state index in [1.807, 2.05) is 13.8 Å². The second-order valence-corrected chi connectivity index (χ2v) is 6.06. The third-order valence-electron chi connectivity index (χ3n) is 2.99. The summed E-state index contributed by atoms with van der Waals surface area (Å²) in [6.45, 7) is 9.97. The molecular formula is C12H16N2OS2. The molecular weight excluding hydrogens is 252 g/mol. The van der Waals surface area contributed by atoms with Crippen LogP contribution in [-0.2, 0) is 0 Å². The zero-order chi connectivity index (χ0) is 12.6. The number of hydrogen-bond acceptors (Lipinski definition) is 5. The van der Waals surface area contributed by atoms with E-state index in [1.165, 1.54) is 16.2 Å². The van der Waals surface area contributed by atoms with Crippen LogP contribution in [-0.4, -0.2) is 18.1 Å². The van der Waals surface area contributed by atoms with Crippen molar-refractivity contribution in [1.29, 1.82) is 0 Å². The van der Waals surface area contributed by atoms with E-state index in [1.54, 1.807) is 11.3 Å². The van der Waals surface area contributed by atoms with E-state index in [9.17, 15) is 4.79 Å². The van der Waals surface area contributed by atoms with Gasteiger partial charge in [-0.1, -0.05) is 11.3 Å². The first-order chi connectivity index (χ1) is 8.08. The molecule has 0 aliphatic heterocycles. The Bertz CT molecular complexity index is 596. The molecule has 0 radical (unpaired) electrons. The minimum atomic E-state index is 0.138. The Labute approximate surface area is 109 Å². The van der Waals surface area contributed by atoms with Crippen molar-refractivity contribution < 1.29 is 0 Å². The van der Waals surface area contributed by atoms with Gasteiger partial charge in [-0.15, -0.1) is 11.3 Å². The lowest BCUT2D eigenvalue weighted by molar-refractivity contribution is 0.861. The molecule has 0 atom stereocenters. The zero-order valence-corrected chi connectivity index (χ0v) is 12.2. The SMILES string of the molecule is CCN(CC)c1nc2sc(C)c(C)c2c(=O)s1. The van der Waals surface area contributed by atoms with E-state index >= 15 is 0 Å². The van der Waals surface area contributed by atoms with Crippen LogP contribution < -0.4 is 9.64 Å². The van der Waals surface area contributed by atoms with Crippen LogP contribution in [0.4, 0.5) is 5.13 Å². The largest absolute Gasteiger partial charge is 0.349 e. The average molecular weight is 268 g/mol. The minimum Gasteiger partial charge on any atom is -0.349 e. The monoisotopic (exact) mass is 268 g/mol. The van der Waals surface area contributed by atoms with Crippen LogP contribution in [0.25, 0.3) is 10.2 Å². The molecule has 0 N–H and O–H groups in total. The van der Waals surface area contributed by atoms with Gasteiger partial charge in [0.25, 0.3) is 0 Å². The van der Waals surface area contributed by atoms with Gasteiger partial charge in [0.2, 0.25) is 4.74 Å². The predicted molar refractivity (Wildman–Crippen MR) is 76.8 cm³/mol. The minimum absolute atomic E-state index is 0.138. The Hall–Kier alpha value is -0.940. The first-order valence-electron chi connectivity index (χ1n) is 5.74. The van der Waals surface area contributed by atoms with Gasteiger partial charge >= 0.3 is 0 Å². The van der Waals surface area contributed by atoms with Crippen molar-refractivity contribution in [2.45, 2.75) is 27.7 Å². The molecule has 5 heteroatoms. The fraction of sp³-hybridized carbons (Fsp3) is 0.500. The van der Waals surface area contributed by atoms with Crippen molar-refractivity contribution in [3.05, 3.63) is 20.0 Å². The molecule has 0 spiro atoms. The van der Waals surface area contributed by atoms with Crippen LogP contribution in [0.15, 0.2) is 4.79 Å². The third kappa shape index (κ3) is 2.09. The Kier molecular flexibility index (Phi) is 3.49. The molecule has 2 aromatic heterocycles.